The lowest BCUT2D eigenvalue weighted by Crippen LogP contribution is -1.92. The SMILES string of the molecule is c1cc(-n2cnnc2)ccc1-c1cc(-c2ccc(-n3cnnc3)cc2)cc(-c2ccc(-n3cnnc3)cc2)c1. The summed E-state index contributed by atoms with van der Waals surface area (Å²) in [4.78, 5) is 0. The van der Waals surface area contributed by atoms with Crippen molar-refractivity contribution in [2.75, 3.05) is 0 Å². The molecule has 0 radical (unpaired) electrons. The fraction of sp³-hybridized carbons (Fsp3) is 0. The Morgan fingerprint density at radius 3 is 0.744 bits per heavy atom. The van der Waals surface area contributed by atoms with Crippen LogP contribution in [0.2, 0.25) is 0 Å². The highest BCUT2D eigenvalue weighted by molar-refractivity contribution is 5.81. The molecule has 3 aromatic heterocycles. The highest BCUT2D eigenvalue weighted by atomic mass is 15.2. The van der Waals surface area contributed by atoms with Crippen molar-refractivity contribution in [3.05, 3.63) is 129 Å². The van der Waals surface area contributed by atoms with Crippen molar-refractivity contribution in [3.8, 4) is 50.4 Å². The maximum absolute atomic E-state index is 3.91. The number of hydrogen-bond donors (Lipinski definition) is 0. The second-order valence-corrected chi connectivity index (χ2v) is 9.05. The van der Waals surface area contributed by atoms with Gasteiger partial charge in [-0.3, -0.25) is 13.7 Å². The van der Waals surface area contributed by atoms with Gasteiger partial charge in [-0.2, -0.15) is 0 Å². The molecule has 0 spiro atoms. The molecule has 0 fully saturated rings. The summed E-state index contributed by atoms with van der Waals surface area (Å²) < 4.78 is 5.67. The third kappa shape index (κ3) is 4.49. The third-order valence-electron chi connectivity index (χ3n) is 6.69. The van der Waals surface area contributed by atoms with Gasteiger partial charge in [-0.25, -0.2) is 0 Å². The molecule has 4 aromatic carbocycles. The molecule has 186 valence electrons. The second kappa shape index (κ2) is 9.64. The zero-order valence-corrected chi connectivity index (χ0v) is 20.6. The average molecular weight is 508 g/mol. The molecule has 0 bridgehead atoms. The van der Waals surface area contributed by atoms with E-state index in [2.05, 4.69) is 122 Å². The highest BCUT2D eigenvalue weighted by Crippen LogP contribution is 2.34. The number of nitrogens with zero attached hydrogens (tertiary/aromatic N) is 9. The lowest BCUT2D eigenvalue weighted by Gasteiger charge is -2.13. The lowest BCUT2D eigenvalue weighted by molar-refractivity contribution is 1.06. The van der Waals surface area contributed by atoms with E-state index in [-0.39, 0.29) is 0 Å². The first kappa shape index (κ1) is 22.5. The van der Waals surface area contributed by atoms with Gasteiger partial charge >= 0.3 is 0 Å². The molecule has 0 aliphatic rings. The van der Waals surface area contributed by atoms with Gasteiger partial charge in [0.2, 0.25) is 0 Å². The van der Waals surface area contributed by atoms with E-state index >= 15 is 0 Å². The fourth-order valence-corrected chi connectivity index (χ4v) is 4.61. The van der Waals surface area contributed by atoms with Crippen molar-refractivity contribution < 1.29 is 0 Å². The molecule has 7 aromatic rings. The van der Waals surface area contributed by atoms with Crippen LogP contribution >= 0.6 is 0 Å². The normalized spacial score (nSPS) is 11.1. The summed E-state index contributed by atoms with van der Waals surface area (Å²) in [5, 5.41) is 23.5. The Morgan fingerprint density at radius 1 is 0.282 bits per heavy atom. The van der Waals surface area contributed by atoms with E-state index < -0.39 is 0 Å². The van der Waals surface area contributed by atoms with Crippen molar-refractivity contribution in [1.29, 1.82) is 0 Å². The van der Waals surface area contributed by atoms with Crippen LogP contribution in [-0.4, -0.2) is 44.3 Å². The van der Waals surface area contributed by atoms with Gasteiger partial charge in [0.05, 0.1) is 0 Å². The molecule has 0 N–H and O–H groups in total. The molecule has 9 nitrogen and oxygen atoms in total. The minimum atomic E-state index is 1.01. The van der Waals surface area contributed by atoms with Crippen molar-refractivity contribution in [2.45, 2.75) is 0 Å². The van der Waals surface area contributed by atoms with E-state index in [1.54, 1.807) is 38.0 Å². The monoisotopic (exact) mass is 507 g/mol. The van der Waals surface area contributed by atoms with E-state index in [9.17, 15) is 0 Å². The van der Waals surface area contributed by atoms with Crippen LogP contribution in [0.4, 0.5) is 0 Å². The first-order valence-electron chi connectivity index (χ1n) is 12.3. The molecule has 9 heteroatoms. The number of benzene rings is 4. The van der Waals surface area contributed by atoms with Crippen LogP contribution in [0.15, 0.2) is 129 Å². The number of rotatable bonds is 6. The summed E-state index contributed by atoms with van der Waals surface area (Å²) in [5.74, 6) is 0. The van der Waals surface area contributed by atoms with E-state index in [1.807, 2.05) is 13.7 Å². The second-order valence-electron chi connectivity index (χ2n) is 9.05. The molecular formula is C30H21N9. The molecule has 3 heterocycles. The Balaban J connectivity index is 1.30. The van der Waals surface area contributed by atoms with E-state index in [0.717, 1.165) is 50.4 Å². The minimum absolute atomic E-state index is 1.01. The standard InChI is InChI=1S/C30H21N9/c1-7-28(37-16-31-32-17-37)8-2-22(1)25-13-26(23-3-9-29(10-4-23)38-18-33-34-19-38)15-27(14-25)24-5-11-30(12-6-24)39-20-35-36-21-39/h1-21H. The van der Waals surface area contributed by atoms with Crippen LogP contribution < -0.4 is 0 Å². The predicted octanol–water partition coefficient (Wildman–Crippen LogP) is 5.43. The summed E-state index contributed by atoms with van der Waals surface area (Å²) in [6, 6.07) is 31.9. The van der Waals surface area contributed by atoms with Crippen molar-refractivity contribution >= 4 is 0 Å². The molecular weight excluding hydrogens is 486 g/mol. The van der Waals surface area contributed by atoms with Crippen LogP contribution in [0.5, 0.6) is 0 Å². The van der Waals surface area contributed by atoms with E-state index in [0.29, 0.717) is 0 Å². The smallest absolute Gasteiger partial charge is 0.123 e. The molecule has 0 atom stereocenters. The van der Waals surface area contributed by atoms with Crippen LogP contribution in [0, 0.1) is 0 Å². The molecule has 39 heavy (non-hydrogen) atoms. The molecule has 7 rings (SSSR count). The zero-order valence-electron chi connectivity index (χ0n) is 20.6. The predicted molar refractivity (Wildman–Crippen MR) is 148 cm³/mol. The van der Waals surface area contributed by atoms with E-state index in [4.69, 9.17) is 0 Å². The molecule has 0 amide bonds. The van der Waals surface area contributed by atoms with Gasteiger partial charge in [-0.1, -0.05) is 36.4 Å². The van der Waals surface area contributed by atoms with Crippen molar-refractivity contribution in [3.63, 3.8) is 0 Å². The Labute approximate surface area is 223 Å². The maximum atomic E-state index is 3.91. The molecule has 0 aliphatic heterocycles. The van der Waals surface area contributed by atoms with Crippen molar-refractivity contribution in [2.24, 2.45) is 0 Å². The topological polar surface area (TPSA) is 92.1 Å². The van der Waals surface area contributed by atoms with Gasteiger partial charge in [0.1, 0.15) is 38.0 Å². The van der Waals surface area contributed by atoms with E-state index in [1.165, 1.54) is 0 Å². The first-order valence-corrected chi connectivity index (χ1v) is 12.3. The lowest BCUT2D eigenvalue weighted by atomic mass is 9.93. The number of aromatic nitrogens is 9. The summed E-state index contributed by atoms with van der Waals surface area (Å²) in [7, 11) is 0. The Morgan fingerprint density at radius 2 is 0.513 bits per heavy atom. The third-order valence-corrected chi connectivity index (χ3v) is 6.69. The van der Waals surface area contributed by atoms with Gasteiger partial charge in [-0.05, 0) is 88.0 Å². The Bertz CT molecular complexity index is 1570. The summed E-state index contributed by atoms with van der Waals surface area (Å²) in [6.07, 6.45) is 10.2. The highest BCUT2D eigenvalue weighted by Gasteiger charge is 2.09. The van der Waals surface area contributed by atoms with Gasteiger partial charge in [0.15, 0.2) is 0 Å². The fourth-order valence-electron chi connectivity index (χ4n) is 4.61. The summed E-state index contributed by atoms with van der Waals surface area (Å²) in [6.45, 7) is 0. The molecule has 0 saturated heterocycles. The largest absolute Gasteiger partial charge is 0.288 e. The molecule has 0 aliphatic carbocycles. The van der Waals surface area contributed by atoms with Crippen LogP contribution in [0.1, 0.15) is 0 Å². The van der Waals surface area contributed by atoms with Gasteiger partial charge in [0.25, 0.3) is 0 Å². The quantitative estimate of drug-likeness (QED) is 0.298. The van der Waals surface area contributed by atoms with Gasteiger partial charge in [0, 0.05) is 17.1 Å². The maximum Gasteiger partial charge on any atom is 0.123 e. The van der Waals surface area contributed by atoms with Gasteiger partial charge < -0.3 is 0 Å². The number of hydrogen-bond acceptors (Lipinski definition) is 6. The summed E-state index contributed by atoms with van der Waals surface area (Å²) >= 11 is 0. The van der Waals surface area contributed by atoms with Crippen LogP contribution in [0.25, 0.3) is 50.4 Å². The Kier molecular flexibility index (Phi) is 5.56. The summed E-state index contributed by atoms with van der Waals surface area (Å²) in [5.41, 5.74) is 9.78. The van der Waals surface area contributed by atoms with Crippen LogP contribution in [0.3, 0.4) is 0 Å². The molecule has 0 saturated carbocycles. The van der Waals surface area contributed by atoms with Crippen LogP contribution in [-0.2, 0) is 0 Å². The average Bonchev–Trinajstić information content (AvgIpc) is 3.82. The van der Waals surface area contributed by atoms with Crippen molar-refractivity contribution in [1.82, 2.24) is 44.3 Å². The minimum Gasteiger partial charge on any atom is -0.288 e. The van der Waals surface area contributed by atoms with Gasteiger partial charge in [-0.15, -0.1) is 30.6 Å². The molecule has 0 unspecified atom stereocenters. The Hall–Kier alpha value is -5.70. The zero-order chi connectivity index (χ0) is 26.0. The first-order chi connectivity index (χ1) is 19.3.